The Morgan fingerprint density at radius 3 is 2.50 bits per heavy atom. The first-order valence-electron chi connectivity index (χ1n) is 8.55. The van der Waals surface area contributed by atoms with E-state index in [1.165, 1.54) is 6.20 Å². The molecule has 2 N–H and O–H groups in total. The Kier molecular flexibility index (Phi) is 6.01. The van der Waals surface area contributed by atoms with Crippen molar-refractivity contribution in [3.05, 3.63) is 23.0 Å². The molecule has 0 aliphatic heterocycles. The number of ether oxygens (including phenoxy) is 2. The molecule has 2 rings (SSSR count). The molecule has 0 aromatic carbocycles. The van der Waals surface area contributed by atoms with Gasteiger partial charge < -0.3 is 20.1 Å². The number of aromatic nitrogens is 1. The monoisotopic (exact) mass is 383 g/mol. The van der Waals surface area contributed by atoms with Crippen LogP contribution < -0.4 is 15.4 Å². The lowest BCUT2D eigenvalue weighted by molar-refractivity contribution is 0.0441. The average molecular weight is 384 g/mol. The van der Waals surface area contributed by atoms with Crippen molar-refractivity contribution in [3.8, 4) is 5.75 Å². The van der Waals surface area contributed by atoms with E-state index in [1.807, 2.05) is 0 Å². The lowest BCUT2D eigenvalue weighted by Crippen LogP contribution is -2.49. The molecular formula is C18H26ClN3O4. The topological polar surface area (TPSA) is 89.5 Å². The van der Waals surface area contributed by atoms with Crippen LogP contribution in [0.2, 0.25) is 5.15 Å². The number of hydrogen-bond donors (Lipinski definition) is 2. The number of alkyl carbamates (subject to hydrolysis) is 1. The molecule has 1 saturated carbocycles. The number of halogens is 1. The Morgan fingerprint density at radius 2 is 1.92 bits per heavy atom. The highest BCUT2D eigenvalue weighted by atomic mass is 35.5. The van der Waals surface area contributed by atoms with Gasteiger partial charge in [-0.1, -0.05) is 11.6 Å². The predicted octanol–water partition coefficient (Wildman–Crippen LogP) is 3.31. The van der Waals surface area contributed by atoms with Crippen molar-refractivity contribution in [1.29, 1.82) is 0 Å². The van der Waals surface area contributed by atoms with Gasteiger partial charge in [0.05, 0.1) is 17.3 Å². The minimum absolute atomic E-state index is 0.127. The second kappa shape index (κ2) is 7.70. The van der Waals surface area contributed by atoms with E-state index in [9.17, 15) is 9.59 Å². The molecule has 7 nitrogen and oxygen atoms in total. The number of rotatable bonds is 6. The average Bonchev–Trinajstić information content (AvgIpc) is 3.27. The van der Waals surface area contributed by atoms with E-state index in [0.29, 0.717) is 5.75 Å². The van der Waals surface area contributed by atoms with Gasteiger partial charge in [-0.05, 0) is 53.5 Å². The van der Waals surface area contributed by atoms with E-state index in [2.05, 4.69) is 15.6 Å². The van der Waals surface area contributed by atoms with Gasteiger partial charge in [-0.3, -0.25) is 4.79 Å². The largest absolute Gasteiger partial charge is 0.490 e. The first-order chi connectivity index (χ1) is 12.0. The summed E-state index contributed by atoms with van der Waals surface area (Å²) in [4.78, 5) is 28.1. The SMILES string of the molecule is CC(C)(COc1cnc(Cl)c(C(=O)NC2CC2)c1)NC(=O)OC(C)(C)C. The lowest BCUT2D eigenvalue weighted by atomic mass is 10.1. The van der Waals surface area contributed by atoms with Crippen LogP contribution in [-0.4, -0.2) is 40.8 Å². The third kappa shape index (κ3) is 6.71. The first-order valence-corrected chi connectivity index (χ1v) is 8.93. The highest BCUT2D eigenvalue weighted by Crippen LogP contribution is 2.23. The minimum atomic E-state index is -0.682. The second-order valence-electron chi connectivity index (χ2n) is 8.06. The molecule has 0 atom stereocenters. The van der Waals surface area contributed by atoms with Gasteiger partial charge in [-0.25, -0.2) is 9.78 Å². The van der Waals surface area contributed by atoms with Gasteiger partial charge in [0.2, 0.25) is 0 Å². The van der Waals surface area contributed by atoms with Crippen LogP contribution in [0.25, 0.3) is 0 Å². The van der Waals surface area contributed by atoms with Gasteiger partial charge in [0.25, 0.3) is 5.91 Å². The maximum absolute atomic E-state index is 12.2. The third-order valence-corrected chi connectivity index (χ3v) is 3.71. The Balaban J connectivity index is 1.95. The Bertz CT molecular complexity index is 682. The summed E-state index contributed by atoms with van der Waals surface area (Å²) in [6.07, 6.45) is 2.89. The molecule has 144 valence electrons. The van der Waals surface area contributed by atoms with Crippen LogP contribution in [0.1, 0.15) is 57.8 Å². The molecule has 0 radical (unpaired) electrons. The van der Waals surface area contributed by atoms with Crippen LogP contribution in [0, 0.1) is 0 Å². The maximum atomic E-state index is 12.2. The Labute approximate surface area is 158 Å². The molecule has 0 unspecified atom stereocenters. The number of amides is 2. The molecule has 8 heteroatoms. The molecule has 1 aliphatic rings. The molecular weight excluding hydrogens is 358 g/mol. The van der Waals surface area contributed by atoms with Gasteiger partial charge in [0.1, 0.15) is 23.1 Å². The van der Waals surface area contributed by atoms with Gasteiger partial charge in [0.15, 0.2) is 0 Å². The van der Waals surface area contributed by atoms with Gasteiger partial charge in [-0.15, -0.1) is 0 Å². The fraction of sp³-hybridized carbons (Fsp3) is 0.611. The smallest absolute Gasteiger partial charge is 0.408 e. The summed E-state index contributed by atoms with van der Waals surface area (Å²) in [6, 6.07) is 1.77. The quantitative estimate of drug-likeness (QED) is 0.735. The van der Waals surface area contributed by atoms with Crippen LogP contribution in [0.15, 0.2) is 12.3 Å². The standard InChI is InChI=1S/C18H26ClN3O4/c1-17(2,3)26-16(24)22-18(4,5)10-25-12-8-13(14(19)20-9-12)15(23)21-11-6-7-11/h8-9,11H,6-7,10H2,1-5H3,(H,21,23)(H,22,24). The molecule has 0 bridgehead atoms. The fourth-order valence-corrected chi connectivity index (χ4v) is 2.23. The molecule has 1 aromatic rings. The van der Waals surface area contributed by atoms with Crippen molar-refractivity contribution >= 4 is 23.6 Å². The van der Waals surface area contributed by atoms with Crippen LogP contribution >= 0.6 is 11.6 Å². The Morgan fingerprint density at radius 1 is 1.27 bits per heavy atom. The summed E-state index contributed by atoms with van der Waals surface area (Å²) < 4.78 is 10.9. The molecule has 26 heavy (non-hydrogen) atoms. The molecule has 2 amide bonds. The summed E-state index contributed by atoms with van der Waals surface area (Å²) in [7, 11) is 0. The highest BCUT2D eigenvalue weighted by Gasteiger charge is 2.27. The maximum Gasteiger partial charge on any atom is 0.408 e. The van der Waals surface area contributed by atoms with Crippen molar-refractivity contribution in [3.63, 3.8) is 0 Å². The number of nitrogens with zero attached hydrogens (tertiary/aromatic N) is 1. The summed E-state index contributed by atoms with van der Waals surface area (Å²) in [5.74, 6) is 0.135. The number of nitrogens with one attached hydrogen (secondary N) is 2. The van der Waals surface area contributed by atoms with Gasteiger partial charge >= 0.3 is 6.09 Å². The van der Waals surface area contributed by atoms with Crippen molar-refractivity contribution in [2.45, 2.75) is 64.6 Å². The second-order valence-corrected chi connectivity index (χ2v) is 8.41. The fourth-order valence-electron chi connectivity index (χ4n) is 2.04. The number of hydrogen-bond acceptors (Lipinski definition) is 5. The molecule has 1 aliphatic carbocycles. The molecule has 1 aromatic heterocycles. The summed E-state index contributed by atoms with van der Waals surface area (Å²) in [5, 5.41) is 5.75. The molecule has 1 fully saturated rings. The molecule has 0 spiro atoms. The normalized spacial score (nSPS) is 14.5. The van der Waals surface area contributed by atoms with Crippen molar-refractivity contribution in [1.82, 2.24) is 15.6 Å². The Hall–Kier alpha value is -2.02. The zero-order valence-corrected chi connectivity index (χ0v) is 16.6. The summed E-state index contributed by atoms with van der Waals surface area (Å²) >= 11 is 6.01. The zero-order chi connectivity index (χ0) is 19.5. The van der Waals surface area contributed by atoms with E-state index in [-0.39, 0.29) is 29.3 Å². The predicted molar refractivity (Wildman–Crippen MR) is 98.7 cm³/mol. The molecule has 0 saturated heterocycles. The van der Waals surface area contributed by atoms with E-state index in [4.69, 9.17) is 21.1 Å². The lowest BCUT2D eigenvalue weighted by Gasteiger charge is -2.28. The van der Waals surface area contributed by atoms with Crippen LogP contribution in [-0.2, 0) is 4.74 Å². The molecule has 1 heterocycles. The van der Waals surface area contributed by atoms with E-state index in [1.54, 1.807) is 40.7 Å². The van der Waals surface area contributed by atoms with Crippen molar-refractivity contribution < 1.29 is 19.1 Å². The van der Waals surface area contributed by atoms with E-state index >= 15 is 0 Å². The summed E-state index contributed by atoms with van der Waals surface area (Å²) in [5.41, 5.74) is -0.988. The number of carbonyl (C=O) groups is 2. The third-order valence-electron chi connectivity index (χ3n) is 3.41. The highest BCUT2D eigenvalue weighted by molar-refractivity contribution is 6.32. The van der Waals surface area contributed by atoms with Gasteiger partial charge in [-0.2, -0.15) is 0 Å². The van der Waals surface area contributed by atoms with Crippen molar-refractivity contribution in [2.75, 3.05) is 6.61 Å². The van der Waals surface area contributed by atoms with Crippen molar-refractivity contribution in [2.24, 2.45) is 0 Å². The van der Waals surface area contributed by atoms with Crippen LogP contribution in [0.3, 0.4) is 0 Å². The number of carbonyl (C=O) groups excluding carboxylic acids is 2. The first kappa shape index (κ1) is 20.3. The van der Waals surface area contributed by atoms with E-state index in [0.717, 1.165) is 12.8 Å². The summed E-state index contributed by atoms with van der Waals surface area (Å²) in [6.45, 7) is 9.16. The zero-order valence-electron chi connectivity index (χ0n) is 15.8. The van der Waals surface area contributed by atoms with Crippen LogP contribution in [0.5, 0.6) is 5.75 Å². The minimum Gasteiger partial charge on any atom is -0.490 e. The van der Waals surface area contributed by atoms with Gasteiger partial charge in [0, 0.05) is 6.04 Å². The van der Waals surface area contributed by atoms with E-state index < -0.39 is 17.2 Å². The number of pyridine rings is 1. The van der Waals surface area contributed by atoms with Crippen LogP contribution in [0.4, 0.5) is 4.79 Å².